The summed E-state index contributed by atoms with van der Waals surface area (Å²) in [6, 6.07) is 0.597. The van der Waals surface area contributed by atoms with Gasteiger partial charge in [0, 0.05) is 25.3 Å². The first-order valence-corrected chi connectivity index (χ1v) is 5.15. The molecule has 1 unspecified atom stereocenters. The third kappa shape index (κ3) is 8.22. The molecule has 0 fully saturated rings. The van der Waals surface area contributed by atoms with E-state index in [2.05, 4.69) is 26.1 Å². The molecule has 0 aromatic heterocycles. The molecule has 3 nitrogen and oxygen atoms in total. The number of aliphatic hydroxyl groups is 1. The van der Waals surface area contributed by atoms with Gasteiger partial charge >= 0.3 is 0 Å². The first-order valence-electron chi connectivity index (χ1n) is 5.15. The molecule has 1 atom stereocenters. The van der Waals surface area contributed by atoms with Crippen molar-refractivity contribution in [2.45, 2.75) is 45.7 Å². The fraction of sp³-hybridized carbons (Fsp3) is 1.00. The van der Waals surface area contributed by atoms with Crippen LogP contribution in [0.5, 0.6) is 0 Å². The Morgan fingerprint density at radius 1 is 1.31 bits per heavy atom. The molecule has 0 saturated carbocycles. The van der Waals surface area contributed by atoms with Gasteiger partial charge < -0.3 is 15.2 Å². The van der Waals surface area contributed by atoms with Gasteiger partial charge in [-0.3, -0.25) is 0 Å². The summed E-state index contributed by atoms with van der Waals surface area (Å²) in [6.07, 6.45) is 1.94. The number of aliphatic hydroxyl groups excluding tert-OH is 1. The monoisotopic (exact) mass is 189 g/mol. The second-order valence-electron chi connectivity index (χ2n) is 3.60. The lowest BCUT2D eigenvalue weighted by atomic mass is 10.2. The van der Waals surface area contributed by atoms with E-state index in [0.717, 1.165) is 26.1 Å². The van der Waals surface area contributed by atoms with Gasteiger partial charge in [-0.05, 0) is 12.8 Å². The minimum Gasteiger partial charge on any atom is -0.395 e. The van der Waals surface area contributed by atoms with Crippen LogP contribution in [0.15, 0.2) is 0 Å². The van der Waals surface area contributed by atoms with Crippen LogP contribution in [0, 0.1) is 0 Å². The topological polar surface area (TPSA) is 41.5 Å². The van der Waals surface area contributed by atoms with Crippen LogP contribution in [0.2, 0.25) is 0 Å². The lowest BCUT2D eigenvalue weighted by molar-refractivity contribution is 0.113. The van der Waals surface area contributed by atoms with Gasteiger partial charge in [-0.2, -0.15) is 0 Å². The summed E-state index contributed by atoms with van der Waals surface area (Å²) < 4.78 is 5.35. The lowest BCUT2D eigenvalue weighted by Gasteiger charge is -2.18. The van der Waals surface area contributed by atoms with Gasteiger partial charge in [0.25, 0.3) is 0 Å². The van der Waals surface area contributed by atoms with Gasteiger partial charge in [-0.15, -0.1) is 0 Å². The Morgan fingerprint density at radius 3 is 2.46 bits per heavy atom. The van der Waals surface area contributed by atoms with E-state index in [0.29, 0.717) is 6.04 Å². The van der Waals surface area contributed by atoms with Crippen molar-refractivity contribution in [3.63, 3.8) is 0 Å². The van der Waals surface area contributed by atoms with Gasteiger partial charge in [0.2, 0.25) is 0 Å². The molecule has 0 aliphatic heterocycles. The Balaban J connectivity index is 3.36. The van der Waals surface area contributed by atoms with E-state index in [-0.39, 0.29) is 12.6 Å². The molecule has 0 heterocycles. The summed E-state index contributed by atoms with van der Waals surface area (Å²) in [4.78, 5) is 0. The second-order valence-corrected chi connectivity index (χ2v) is 3.60. The first kappa shape index (κ1) is 12.9. The zero-order valence-corrected chi connectivity index (χ0v) is 9.05. The highest BCUT2D eigenvalue weighted by molar-refractivity contribution is 4.67. The molecule has 0 aliphatic carbocycles. The van der Waals surface area contributed by atoms with E-state index in [9.17, 15) is 0 Å². The van der Waals surface area contributed by atoms with Gasteiger partial charge in [0.15, 0.2) is 0 Å². The smallest absolute Gasteiger partial charge is 0.0585 e. The van der Waals surface area contributed by atoms with E-state index < -0.39 is 0 Å². The second kappa shape index (κ2) is 8.48. The molecule has 0 aliphatic rings. The van der Waals surface area contributed by atoms with Crippen LogP contribution in [-0.2, 0) is 4.74 Å². The highest BCUT2D eigenvalue weighted by atomic mass is 16.5. The van der Waals surface area contributed by atoms with Crippen molar-refractivity contribution in [3.05, 3.63) is 0 Å². The molecule has 80 valence electrons. The zero-order valence-electron chi connectivity index (χ0n) is 9.05. The van der Waals surface area contributed by atoms with Crippen LogP contribution < -0.4 is 5.32 Å². The van der Waals surface area contributed by atoms with Crippen molar-refractivity contribution in [2.24, 2.45) is 0 Å². The van der Waals surface area contributed by atoms with Gasteiger partial charge in [0.1, 0.15) is 0 Å². The third-order valence-electron chi connectivity index (χ3n) is 1.75. The van der Waals surface area contributed by atoms with Crippen molar-refractivity contribution < 1.29 is 9.84 Å². The Labute approximate surface area is 81.5 Å². The Kier molecular flexibility index (Phi) is 8.40. The van der Waals surface area contributed by atoms with Crippen LogP contribution in [0.25, 0.3) is 0 Å². The fourth-order valence-electron chi connectivity index (χ4n) is 1.17. The number of nitrogens with one attached hydrogen (secondary N) is 1. The number of rotatable bonds is 8. The van der Waals surface area contributed by atoms with Gasteiger partial charge in [-0.1, -0.05) is 20.8 Å². The maximum absolute atomic E-state index is 9.01. The SMILES string of the molecule is CCCOCCC(CO)NC(C)C. The zero-order chi connectivity index (χ0) is 10.1. The predicted molar refractivity (Wildman–Crippen MR) is 54.9 cm³/mol. The summed E-state index contributed by atoms with van der Waals surface area (Å²) in [5.74, 6) is 0. The van der Waals surface area contributed by atoms with Crippen molar-refractivity contribution in [2.75, 3.05) is 19.8 Å². The minimum atomic E-state index is 0.178. The summed E-state index contributed by atoms with van der Waals surface area (Å²) in [5.41, 5.74) is 0. The lowest BCUT2D eigenvalue weighted by Crippen LogP contribution is -2.38. The Bertz CT molecular complexity index is 107. The maximum atomic E-state index is 9.01. The minimum absolute atomic E-state index is 0.178. The molecule has 0 spiro atoms. The Morgan fingerprint density at radius 2 is 2.00 bits per heavy atom. The van der Waals surface area contributed by atoms with E-state index >= 15 is 0 Å². The normalized spacial score (nSPS) is 13.6. The number of hydrogen-bond donors (Lipinski definition) is 2. The molecule has 0 aromatic rings. The largest absolute Gasteiger partial charge is 0.395 e. The average Bonchev–Trinajstić information content (AvgIpc) is 2.09. The van der Waals surface area contributed by atoms with Crippen LogP contribution in [0.4, 0.5) is 0 Å². The molecule has 0 saturated heterocycles. The summed E-state index contributed by atoms with van der Waals surface area (Å²) in [7, 11) is 0. The quantitative estimate of drug-likeness (QED) is 0.563. The molecule has 0 rings (SSSR count). The molecule has 0 bridgehead atoms. The van der Waals surface area contributed by atoms with Crippen LogP contribution in [0.1, 0.15) is 33.6 Å². The van der Waals surface area contributed by atoms with Crippen molar-refractivity contribution >= 4 is 0 Å². The summed E-state index contributed by atoms with van der Waals surface area (Å²) >= 11 is 0. The molecule has 13 heavy (non-hydrogen) atoms. The highest BCUT2D eigenvalue weighted by Crippen LogP contribution is 1.94. The average molecular weight is 189 g/mol. The molecular formula is C10H23NO2. The van der Waals surface area contributed by atoms with E-state index in [1.165, 1.54) is 0 Å². The number of ether oxygens (including phenoxy) is 1. The first-order chi connectivity index (χ1) is 6.20. The van der Waals surface area contributed by atoms with Crippen molar-refractivity contribution in [1.29, 1.82) is 0 Å². The van der Waals surface area contributed by atoms with Crippen LogP contribution >= 0.6 is 0 Å². The molecule has 0 amide bonds. The molecular weight excluding hydrogens is 166 g/mol. The summed E-state index contributed by atoms with van der Waals surface area (Å²) in [5, 5.41) is 12.3. The van der Waals surface area contributed by atoms with Crippen LogP contribution in [0.3, 0.4) is 0 Å². The van der Waals surface area contributed by atoms with Crippen LogP contribution in [-0.4, -0.2) is 37.0 Å². The maximum Gasteiger partial charge on any atom is 0.0585 e. The number of hydrogen-bond acceptors (Lipinski definition) is 3. The molecule has 2 N–H and O–H groups in total. The molecule has 0 aromatic carbocycles. The molecule has 3 heteroatoms. The van der Waals surface area contributed by atoms with E-state index in [1.807, 2.05) is 0 Å². The van der Waals surface area contributed by atoms with E-state index in [4.69, 9.17) is 9.84 Å². The van der Waals surface area contributed by atoms with Crippen molar-refractivity contribution in [1.82, 2.24) is 5.32 Å². The predicted octanol–water partition coefficient (Wildman–Crippen LogP) is 1.16. The molecule has 0 radical (unpaired) electrons. The Hall–Kier alpha value is -0.120. The fourth-order valence-corrected chi connectivity index (χ4v) is 1.17. The van der Waals surface area contributed by atoms with E-state index in [1.54, 1.807) is 0 Å². The van der Waals surface area contributed by atoms with Gasteiger partial charge in [-0.25, -0.2) is 0 Å². The third-order valence-corrected chi connectivity index (χ3v) is 1.75. The van der Waals surface area contributed by atoms with Gasteiger partial charge in [0.05, 0.1) is 6.61 Å². The summed E-state index contributed by atoms with van der Waals surface area (Å²) in [6.45, 7) is 7.99. The standard InChI is InChI=1S/C10H23NO2/c1-4-6-13-7-5-10(8-12)11-9(2)3/h9-12H,4-8H2,1-3H3. The highest BCUT2D eigenvalue weighted by Gasteiger charge is 2.07. The van der Waals surface area contributed by atoms with Crippen molar-refractivity contribution in [3.8, 4) is 0 Å².